The molecule has 0 bridgehead atoms. The molecule has 158 valence electrons. The van der Waals surface area contributed by atoms with Crippen molar-refractivity contribution in [2.24, 2.45) is 5.92 Å². The van der Waals surface area contributed by atoms with Crippen molar-refractivity contribution in [3.63, 3.8) is 0 Å². The van der Waals surface area contributed by atoms with Crippen LogP contribution in [0.25, 0.3) is 16.3 Å². The summed E-state index contributed by atoms with van der Waals surface area (Å²) in [7, 11) is 6.91. The third-order valence-corrected chi connectivity index (χ3v) is 7.66. The quantitative estimate of drug-likeness (QED) is 0.292. The zero-order valence-corrected chi connectivity index (χ0v) is 19.1. The number of hydrogen-bond donors (Lipinski definition) is 0. The third-order valence-electron chi connectivity index (χ3n) is 7.66. The molecule has 0 saturated heterocycles. The molecule has 0 fully saturated rings. The molecule has 1 heteroatoms. The molecule has 2 radical (unpaired) electrons. The summed E-state index contributed by atoms with van der Waals surface area (Å²) < 4.78 is 0. The molecule has 0 saturated carbocycles. The highest BCUT2D eigenvalue weighted by Gasteiger charge is 2.36. The van der Waals surface area contributed by atoms with Crippen molar-refractivity contribution in [2.45, 2.75) is 31.6 Å². The maximum atomic E-state index is 6.91. The zero-order chi connectivity index (χ0) is 22.4. The first-order valence-electron chi connectivity index (χ1n) is 12.0. The largest absolute Gasteiger partial charge is 0.109 e. The molecular formula is C32H27B. The van der Waals surface area contributed by atoms with E-state index in [1.54, 1.807) is 0 Å². The summed E-state index contributed by atoms with van der Waals surface area (Å²) >= 11 is 0. The van der Waals surface area contributed by atoms with Crippen LogP contribution in [0, 0.1) is 5.92 Å². The molecule has 3 aliphatic rings. The van der Waals surface area contributed by atoms with E-state index >= 15 is 0 Å². The highest BCUT2D eigenvalue weighted by molar-refractivity contribution is 6.24. The average molecular weight is 422 g/mol. The van der Waals surface area contributed by atoms with E-state index < -0.39 is 0 Å². The Kier molecular flexibility index (Phi) is 4.87. The van der Waals surface area contributed by atoms with Crippen molar-refractivity contribution in [1.29, 1.82) is 0 Å². The van der Waals surface area contributed by atoms with Crippen LogP contribution in [0.15, 0.2) is 125 Å². The van der Waals surface area contributed by atoms with E-state index in [0.717, 1.165) is 24.7 Å². The Bertz CT molecular complexity index is 1390. The van der Waals surface area contributed by atoms with Crippen LogP contribution < -0.4 is 0 Å². The van der Waals surface area contributed by atoms with Crippen LogP contribution >= 0.6 is 0 Å². The summed E-state index contributed by atoms with van der Waals surface area (Å²) in [6.45, 7) is 2.39. The number of benzene rings is 3. The van der Waals surface area contributed by atoms with Crippen molar-refractivity contribution < 1.29 is 0 Å². The molecule has 3 aromatic carbocycles. The molecule has 1 unspecified atom stereocenters. The molecule has 0 N–H and O–H groups in total. The van der Waals surface area contributed by atoms with Crippen molar-refractivity contribution in [3.8, 4) is 0 Å². The standard InChI is InChI=1S/C32H27B/c1-32(29-19-9-14-22-11-5-6-15-24(22)29)20-10-18-27-28(21-32)30(23-12-3-2-4-13-23)25-16-7-8-17-26(25)31(27)33/h2-16,19-20,26H,17-18,21H2,1H3/t26?,32-/m1/s1. The van der Waals surface area contributed by atoms with Crippen molar-refractivity contribution in [3.05, 3.63) is 136 Å². The summed E-state index contributed by atoms with van der Waals surface area (Å²) in [6, 6.07) is 26.4. The van der Waals surface area contributed by atoms with Crippen LogP contribution in [0.2, 0.25) is 0 Å². The summed E-state index contributed by atoms with van der Waals surface area (Å²) in [5.41, 5.74) is 9.15. The molecule has 33 heavy (non-hydrogen) atoms. The topological polar surface area (TPSA) is 0 Å². The number of fused-ring (bicyclic) bond motifs is 3. The van der Waals surface area contributed by atoms with Gasteiger partial charge in [-0.3, -0.25) is 0 Å². The first-order valence-corrected chi connectivity index (χ1v) is 12.0. The monoisotopic (exact) mass is 422 g/mol. The van der Waals surface area contributed by atoms with E-state index in [1.165, 1.54) is 44.2 Å². The molecule has 6 rings (SSSR count). The van der Waals surface area contributed by atoms with Crippen molar-refractivity contribution in [1.82, 2.24) is 0 Å². The predicted molar refractivity (Wildman–Crippen MR) is 141 cm³/mol. The van der Waals surface area contributed by atoms with Gasteiger partial charge < -0.3 is 0 Å². The fraction of sp³-hybridized carbons (Fsp3) is 0.188. The summed E-state index contributed by atoms with van der Waals surface area (Å²) in [6.07, 6.45) is 14.3. The number of allylic oxidation sites excluding steroid dienone is 10. The van der Waals surface area contributed by atoms with Gasteiger partial charge in [0.05, 0.1) is 0 Å². The van der Waals surface area contributed by atoms with Gasteiger partial charge in [0, 0.05) is 11.3 Å². The SMILES string of the molecule is [B]C1=C2CC=C[C@@](C)(c3cccc4ccccc34)CC2=C(c2ccccc2)C2=CC=CCC21. The van der Waals surface area contributed by atoms with Crippen LogP contribution in [0.4, 0.5) is 0 Å². The minimum atomic E-state index is -0.115. The first-order chi connectivity index (χ1) is 16.2. The fourth-order valence-corrected chi connectivity index (χ4v) is 6.04. The van der Waals surface area contributed by atoms with Crippen LogP contribution in [-0.4, -0.2) is 7.85 Å². The Balaban J connectivity index is 1.60. The van der Waals surface area contributed by atoms with Gasteiger partial charge >= 0.3 is 0 Å². The second kappa shape index (κ2) is 7.92. The Labute approximate surface area is 198 Å². The lowest BCUT2D eigenvalue weighted by Crippen LogP contribution is -2.24. The predicted octanol–water partition coefficient (Wildman–Crippen LogP) is 7.84. The van der Waals surface area contributed by atoms with E-state index in [4.69, 9.17) is 7.85 Å². The minimum Gasteiger partial charge on any atom is -0.106 e. The molecule has 0 aromatic heterocycles. The average Bonchev–Trinajstić information content (AvgIpc) is 3.04. The van der Waals surface area contributed by atoms with E-state index in [1.807, 2.05) is 0 Å². The number of rotatable bonds is 2. The lowest BCUT2D eigenvalue weighted by molar-refractivity contribution is 0.597. The van der Waals surface area contributed by atoms with E-state index in [2.05, 4.69) is 110 Å². The van der Waals surface area contributed by atoms with Gasteiger partial charge in [-0.2, -0.15) is 0 Å². The Morgan fingerprint density at radius 2 is 1.64 bits per heavy atom. The van der Waals surface area contributed by atoms with Gasteiger partial charge in [0.2, 0.25) is 0 Å². The number of hydrogen-bond acceptors (Lipinski definition) is 0. The summed E-state index contributed by atoms with van der Waals surface area (Å²) in [4.78, 5) is 0. The Morgan fingerprint density at radius 3 is 2.52 bits per heavy atom. The van der Waals surface area contributed by atoms with E-state index in [9.17, 15) is 0 Å². The maximum absolute atomic E-state index is 6.91. The van der Waals surface area contributed by atoms with Gasteiger partial charge in [0.1, 0.15) is 7.85 Å². The fourth-order valence-electron chi connectivity index (χ4n) is 6.04. The Morgan fingerprint density at radius 1 is 0.848 bits per heavy atom. The molecule has 0 nitrogen and oxygen atoms in total. The maximum Gasteiger partial charge on any atom is 0.109 e. The molecule has 3 aliphatic carbocycles. The summed E-state index contributed by atoms with van der Waals surface area (Å²) in [5, 5.41) is 2.63. The second-order valence-electron chi connectivity index (χ2n) is 9.72. The van der Waals surface area contributed by atoms with Crippen molar-refractivity contribution in [2.75, 3.05) is 0 Å². The van der Waals surface area contributed by atoms with Gasteiger partial charge in [-0.1, -0.05) is 116 Å². The van der Waals surface area contributed by atoms with Gasteiger partial charge in [0.15, 0.2) is 0 Å². The molecule has 2 atom stereocenters. The van der Waals surface area contributed by atoms with Crippen molar-refractivity contribution >= 4 is 24.2 Å². The highest BCUT2D eigenvalue weighted by Crippen LogP contribution is 2.51. The van der Waals surface area contributed by atoms with Crippen LogP contribution in [0.5, 0.6) is 0 Å². The highest BCUT2D eigenvalue weighted by atomic mass is 14.4. The van der Waals surface area contributed by atoms with Crippen LogP contribution in [0.1, 0.15) is 37.3 Å². The van der Waals surface area contributed by atoms with Gasteiger partial charge in [-0.05, 0) is 57.9 Å². The first kappa shape index (κ1) is 20.3. The summed E-state index contributed by atoms with van der Waals surface area (Å²) in [5.74, 6) is 0.277. The van der Waals surface area contributed by atoms with Gasteiger partial charge in [0.25, 0.3) is 0 Å². The lowest BCUT2D eigenvalue weighted by Gasteiger charge is -2.37. The van der Waals surface area contributed by atoms with Crippen LogP contribution in [-0.2, 0) is 5.41 Å². The molecule has 0 heterocycles. The molecule has 0 aliphatic heterocycles. The normalized spacial score (nSPS) is 24.4. The van der Waals surface area contributed by atoms with Gasteiger partial charge in [-0.15, -0.1) is 5.47 Å². The molecule has 0 spiro atoms. The van der Waals surface area contributed by atoms with Crippen LogP contribution in [0.3, 0.4) is 0 Å². The second-order valence-corrected chi connectivity index (χ2v) is 9.72. The molecule has 3 aromatic rings. The van der Waals surface area contributed by atoms with E-state index in [-0.39, 0.29) is 11.3 Å². The molecule has 0 amide bonds. The smallest absolute Gasteiger partial charge is 0.106 e. The zero-order valence-electron chi connectivity index (χ0n) is 19.1. The Hall–Kier alpha value is -3.32. The lowest BCUT2D eigenvalue weighted by atomic mass is 9.62. The third kappa shape index (κ3) is 3.30. The minimum absolute atomic E-state index is 0.115. The molecular weight excluding hydrogens is 395 g/mol. The van der Waals surface area contributed by atoms with Gasteiger partial charge in [-0.25, -0.2) is 0 Å². The van der Waals surface area contributed by atoms with E-state index in [0.29, 0.717) is 0 Å².